The van der Waals surface area contributed by atoms with Gasteiger partial charge < -0.3 is 4.42 Å². The van der Waals surface area contributed by atoms with Crippen molar-refractivity contribution in [2.75, 3.05) is 0 Å². The Kier molecular flexibility index (Phi) is 4.80. The van der Waals surface area contributed by atoms with Crippen LogP contribution in [0.15, 0.2) is 41.0 Å². The average Bonchev–Trinajstić information content (AvgIpc) is 2.88. The maximum Gasteiger partial charge on any atom is 0.310 e. The topological polar surface area (TPSA) is 62.6 Å². The minimum Gasteiger partial charge on any atom is -0.457 e. The van der Waals surface area contributed by atoms with E-state index >= 15 is 0 Å². The molecule has 0 spiro atoms. The number of amides is 2. The quantitative estimate of drug-likeness (QED) is 0.849. The summed E-state index contributed by atoms with van der Waals surface area (Å²) in [6.07, 6.45) is 1.33. The fourth-order valence-corrected chi connectivity index (χ4v) is 2.20. The van der Waals surface area contributed by atoms with Gasteiger partial charge >= 0.3 is 5.91 Å². The van der Waals surface area contributed by atoms with Crippen molar-refractivity contribution >= 4 is 23.4 Å². The van der Waals surface area contributed by atoms with E-state index in [1.54, 1.807) is 39.0 Å². The van der Waals surface area contributed by atoms with Crippen LogP contribution < -0.4 is 5.43 Å². The first kappa shape index (κ1) is 17.1. The Hall–Kier alpha value is -2.27. The van der Waals surface area contributed by atoms with Crippen LogP contribution in [0.3, 0.4) is 0 Å². The lowest BCUT2D eigenvalue weighted by Crippen LogP contribution is -2.55. The molecule has 1 aromatic heterocycles. The summed E-state index contributed by atoms with van der Waals surface area (Å²) in [6.45, 7) is 7.31. The largest absolute Gasteiger partial charge is 0.457 e. The molecule has 2 amide bonds. The number of rotatable bonds is 2. The molecule has 1 N–H and O–H groups in total. The highest BCUT2D eigenvalue weighted by Crippen LogP contribution is 2.22. The first-order chi connectivity index (χ1) is 10.7. The highest BCUT2D eigenvalue weighted by atomic mass is 35.5. The summed E-state index contributed by atoms with van der Waals surface area (Å²) in [5.41, 5.74) is 3.41. The van der Waals surface area contributed by atoms with E-state index in [-0.39, 0.29) is 16.7 Å². The normalized spacial score (nSPS) is 11.2. The van der Waals surface area contributed by atoms with Crippen LogP contribution in [-0.2, 0) is 0 Å². The van der Waals surface area contributed by atoms with Gasteiger partial charge in [0, 0.05) is 5.56 Å². The molecule has 1 heterocycles. The van der Waals surface area contributed by atoms with Crippen molar-refractivity contribution in [1.82, 2.24) is 10.4 Å². The second kappa shape index (κ2) is 6.46. The van der Waals surface area contributed by atoms with Crippen LogP contribution in [0.25, 0.3) is 0 Å². The van der Waals surface area contributed by atoms with Gasteiger partial charge in [0.1, 0.15) is 0 Å². The number of furan rings is 1. The van der Waals surface area contributed by atoms with Crippen LogP contribution in [0.2, 0.25) is 5.02 Å². The Morgan fingerprint density at radius 1 is 1.22 bits per heavy atom. The first-order valence-corrected chi connectivity index (χ1v) is 7.53. The Morgan fingerprint density at radius 3 is 2.43 bits per heavy atom. The maximum absolute atomic E-state index is 12.6. The Bertz CT molecular complexity index is 731. The summed E-state index contributed by atoms with van der Waals surface area (Å²) in [5.74, 6) is -0.890. The van der Waals surface area contributed by atoms with Crippen LogP contribution in [0.4, 0.5) is 0 Å². The molecule has 2 rings (SSSR count). The third-order valence-corrected chi connectivity index (χ3v) is 3.48. The van der Waals surface area contributed by atoms with Gasteiger partial charge in [-0.25, -0.2) is 5.01 Å². The Labute approximate surface area is 140 Å². The van der Waals surface area contributed by atoms with Gasteiger partial charge in [-0.05, 0) is 45.9 Å². The van der Waals surface area contributed by atoms with E-state index in [0.29, 0.717) is 5.56 Å². The molecule has 0 aliphatic rings. The second-order valence-electron chi connectivity index (χ2n) is 6.22. The highest BCUT2D eigenvalue weighted by molar-refractivity contribution is 6.33. The van der Waals surface area contributed by atoms with Crippen LogP contribution in [-0.4, -0.2) is 22.4 Å². The summed E-state index contributed by atoms with van der Waals surface area (Å²) in [4.78, 5) is 25.1. The van der Waals surface area contributed by atoms with Crippen LogP contribution in [0, 0.1) is 6.92 Å². The minimum atomic E-state index is -0.660. The molecule has 0 aliphatic heterocycles. The number of nitrogens with zero attached hydrogens (tertiary/aromatic N) is 1. The van der Waals surface area contributed by atoms with E-state index in [9.17, 15) is 9.59 Å². The summed E-state index contributed by atoms with van der Waals surface area (Å²) >= 11 is 5.95. The number of carbonyl (C=O) groups excluding carboxylic acids is 2. The third-order valence-electron chi connectivity index (χ3n) is 3.18. The Balaban J connectivity index is 2.28. The summed E-state index contributed by atoms with van der Waals surface area (Å²) < 4.78 is 5.13. The van der Waals surface area contributed by atoms with Crippen LogP contribution in [0.1, 0.15) is 47.2 Å². The smallest absolute Gasteiger partial charge is 0.310 e. The molecule has 0 fully saturated rings. The number of nitrogens with one attached hydrogen (secondary N) is 1. The fourth-order valence-electron chi connectivity index (χ4n) is 2.02. The van der Waals surface area contributed by atoms with Crippen molar-refractivity contribution < 1.29 is 14.0 Å². The molecule has 0 saturated carbocycles. The van der Waals surface area contributed by atoms with E-state index in [0.717, 1.165) is 5.56 Å². The van der Waals surface area contributed by atoms with Crippen molar-refractivity contribution in [2.24, 2.45) is 0 Å². The average molecular weight is 335 g/mol. The molecule has 5 nitrogen and oxygen atoms in total. The van der Waals surface area contributed by atoms with Gasteiger partial charge in [-0.2, -0.15) is 0 Å². The van der Waals surface area contributed by atoms with Gasteiger partial charge in [0.2, 0.25) is 5.76 Å². The van der Waals surface area contributed by atoms with Crippen molar-refractivity contribution in [2.45, 2.75) is 33.2 Å². The second-order valence-corrected chi connectivity index (χ2v) is 6.63. The molecule has 2 aromatic rings. The highest BCUT2D eigenvalue weighted by Gasteiger charge is 2.32. The molecule has 0 atom stereocenters. The maximum atomic E-state index is 12.6. The van der Waals surface area contributed by atoms with Gasteiger partial charge in [-0.3, -0.25) is 15.0 Å². The predicted octanol–water partition coefficient (Wildman–Crippen LogP) is 3.83. The zero-order chi connectivity index (χ0) is 17.2. The van der Waals surface area contributed by atoms with Crippen LogP contribution >= 0.6 is 11.6 Å². The molecule has 23 heavy (non-hydrogen) atoms. The first-order valence-electron chi connectivity index (χ1n) is 7.15. The number of carbonyl (C=O) groups is 2. The molecule has 0 unspecified atom stereocenters. The van der Waals surface area contributed by atoms with Crippen molar-refractivity contribution in [3.8, 4) is 0 Å². The number of halogens is 1. The van der Waals surface area contributed by atoms with Crippen LogP contribution in [0.5, 0.6) is 0 Å². The van der Waals surface area contributed by atoms with E-state index in [1.807, 2.05) is 13.0 Å². The SMILES string of the molecule is Cc1cccc(C(=O)NN(C(=O)c2occc2Cl)C(C)(C)C)c1. The fraction of sp³-hybridized carbons (Fsp3) is 0.294. The zero-order valence-electron chi connectivity index (χ0n) is 13.5. The molecule has 6 heteroatoms. The zero-order valence-corrected chi connectivity index (χ0v) is 14.3. The summed E-state index contributed by atoms with van der Waals surface area (Å²) in [7, 11) is 0. The minimum absolute atomic E-state index is 0.00821. The van der Waals surface area contributed by atoms with E-state index < -0.39 is 11.4 Å². The summed E-state index contributed by atoms with van der Waals surface area (Å²) in [5, 5.41) is 1.43. The van der Waals surface area contributed by atoms with Crippen molar-refractivity contribution in [3.05, 3.63) is 58.5 Å². The number of benzene rings is 1. The molecular formula is C17H19ClN2O3. The Morgan fingerprint density at radius 2 is 1.91 bits per heavy atom. The third kappa shape index (κ3) is 3.93. The van der Waals surface area contributed by atoms with Gasteiger partial charge in [0.05, 0.1) is 16.8 Å². The molecule has 122 valence electrons. The van der Waals surface area contributed by atoms with Gasteiger partial charge in [0.25, 0.3) is 5.91 Å². The van der Waals surface area contributed by atoms with E-state index in [2.05, 4.69) is 5.43 Å². The predicted molar refractivity (Wildman–Crippen MR) is 88.3 cm³/mol. The lowest BCUT2D eigenvalue weighted by Gasteiger charge is -2.34. The lowest BCUT2D eigenvalue weighted by atomic mass is 10.1. The number of hydrazine groups is 1. The van der Waals surface area contributed by atoms with Crippen molar-refractivity contribution in [1.29, 1.82) is 0 Å². The van der Waals surface area contributed by atoms with E-state index in [4.69, 9.17) is 16.0 Å². The summed E-state index contributed by atoms with van der Waals surface area (Å²) in [6, 6.07) is 8.61. The standard InChI is InChI=1S/C17H19ClN2O3/c1-11-6-5-7-12(10-11)15(21)19-20(17(2,3)4)16(22)14-13(18)8-9-23-14/h5-10H,1-4H3,(H,19,21). The number of hydrogen-bond donors (Lipinski definition) is 1. The molecule has 0 aliphatic carbocycles. The van der Waals surface area contributed by atoms with Crippen molar-refractivity contribution in [3.63, 3.8) is 0 Å². The lowest BCUT2D eigenvalue weighted by molar-refractivity contribution is 0.0333. The molecule has 0 saturated heterocycles. The molecule has 0 radical (unpaired) electrons. The molecular weight excluding hydrogens is 316 g/mol. The number of aryl methyl sites for hydroxylation is 1. The molecule has 0 bridgehead atoms. The van der Waals surface area contributed by atoms with Gasteiger partial charge in [-0.1, -0.05) is 29.3 Å². The van der Waals surface area contributed by atoms with E-state index in [1.165, 1.54) is 17.3 Å². The number of hydrogen-bond acceptors (Lipinski definition) is 3. The monoisotopic (exact) mass is 334 g/mol. The molecule has 1 aromatic carbocycles. The van der Waals surface area contributed by atoms with Gasteiger partial charge in [0.15, 0.2) is 0 Å². The van der Waals surface area contributed by atoms with Gasteiger partial charge in [-0.15, -0.1) is 0 Å².